The summed E-state index contributed by atoms with van der Waals surface area (Å²) in [5, 5.41) is 11.3. The second kappa shape index (κ2) is 6.53. The van der Waals surface area contributed by atoms with Gasteiger partial charge in [-0.05, 0) is 6.42 Å². The SMILES string of the molecule is COC(=O)CCC(NC(=O)c1cncn1C)C(=O)O. The summed E-state index contributed by atoms with van der Waals surface area (Å²) in [5.41, 5.74) is 0.240. The average molecular weight is 269 g/mol. The lowest BCUT2D eigenvalue weighted by Crippen LogP contribution is -2.41. The van der Waals surface area contributed by atoms with Crippen LogP contribution in [0.15, 0.2) is 12.5 Å². The van der Waals surface area contributed by atoms with Gasteiger partial charge in [-0.3, -0.25) is 9.59 Å². The number of carboxylic acid groups (broad SMARTS) is 1. The normalized spacial score (nSPS) is 11.7. The van der Waals surface area contributed by atoms with Crippen molar-refractivity contribution in [3.63, 3.8) is 0 Å². The maximum Gasteiger partial charge on any atom is 0.326 e. The molecule has 1 atom stereocenters. The first-order chi connectivity index (χ1) is 8.95. The van der Waals surface area contributed by atoms with E-state index in [0.717, 1.165) is 0 Å². The number of nitrogens with zero attached hydrogens (tertiary/aromatic N) is 2. The number of aliphatic carboxylic acids is 1. The summed E-state index contributed by atoms with van der Waals surface area (Å²) in [5.74, 6) is -2.29. The third-order valence-electron chi connectivity index (χ3n) is 2.52. The minimum Gasteiger partial charge on any atom is -0.480 e. The fraction of sp³-hybridized carbons (Fsp3) is 0.455. The summed E-state index contributed by atoms with van der Waals surface area (Å²) in [7, 11) is 2.83. The van der Waals surface area contributed by atoms with E-state index in [9.17, 15) is 14.4 Å². The summed E-state index contributed by atoms with van der Waals surface area (Å²) in [6.45, 7) is 0. The van der Waals surface area contributed by atoms with Crippen LogP contribution in [-0.4, -0.2) is 45.7 Å². The number of methoxy groups -OCH3 is 1. The van der Waals surface area contributed by atoms with Crippen molar-refractivity contribution in [1.29, 1.82) is 0 Å². The van der Waals surface area contributed by atoms with E-state index in [1.165, 1.54) is 24.2 Å². The summed E-state index contributed by atoms with van der Waals surface area (Å²) in [6, 6.07) is -1.15. The lowest BCUT2D eigenvalue weighted by Gasteiger charge is -2.13. The predicted octanol–water partition coefficient (Wildman–Crippen LogP) is -0.444. The Hall–Kier alpha value is -2.38. The Morgan fingerprint density at radius 2 is 2.21 bits per heavy atom. The smallest absolute Gasteiger partial charge is 0.326 e. The molecule has 19 heavy (non-hydrogen) atoms. The fourth-order valence-electron chi connectivity index (χ4n) is 1.43. The Morgan fingerprint density at radius 1 is 1.53 bits per heavy atom. The molecule has 0 saturated carbocycles. The van der Waals surface area contributed by atoms with Crippen molar-refractivity contribution in [2.75, 3.05) is 7.11 Å². The molecule has 104 valence electrons. The number of rotatable bonds is 6. The van der Waals surface area contributed by atoms with Crippen molar-refractivity contribution in [2.45, 2.75) is 18.9 Å². The van der Waals surface area contributed by atoms with Crippen molar-refractivity contribution in [3.05, 3.63) is 18.2 Å². The van der Waals surface area contributed by atoms with Crippen molar-refractivity contribution in [1.82, 2.24) is 14.9 Å². The molecule has 0 aliphatic heterocycles. The average Bonchev–Trinajstić information content (AvgIpc) is 2.79. The molecule has 2 N–H and O–H groups in total. The minimum absolute atomic E-state index is 0.0361. The molecule has 1 aromatic rings. The topological polar surface area (TPSA) is 111 Å². The zero-order valence-electron chi connectivity index (χ0n) is 10.6. The Balaban J connectivity index is 2.64. The second-order valence-corrected chi connectivity index (χ2v) is 3.87. The number of ether oxygens (including phenoxy) is 1. The van der Waals surface area contributed by atoms with Gasteiger partial charge in [0, 0.05) is 13.5 Å². The monoisotopic (exact) mass is 269 g/mol. The Labute approximate surface area is 109 Å². The molecular weight excluding hydrogens is 254 g/mol. The Bertz CT molecular complexity index is 482. The molecule has 1 heterocycles. The van der Waals surface area contributed by atoms with E-state index in [2.05, 4.69) is 15.0 Å². The second-order valence-electron chi connectivity index (χ2n) is 3.87. The number of aromatic nitrogens is 2. The first-order valence-electron chi connectivity index (χ1n) is 5.52. The summed E-state index contributed by atoms with van der Waals surface area (Å²) < 4.78 is 5.88. The van der Waals surface area contributed by atoms with Gasteiger partial charge in [-0.2, -0.15) is 0 Å². The zero-order valence-corrected chi connectivity index (χ0v) is 10.6. The highest BCUT2D eigenvalue weighted by atomic mass is 16.5. The molecule has 0 radical (unpaired) electrons. The Kier molecular flexibility index (Phi) is 5.04. The van der Waals surface area contributed by atoms with E-state index in [1.807, 2.05) is 0 Å². The van der Waals surface area contributed by atoms with Crippen LogP contribution < -0.4 is 5.32 Å². The number of carbonyl (C=O) groups excluding carboxylic acids is 2. The van der Waals surface area contributed by atoms with E-state index in [-0.39, 0.29) is 18.5 Å². The number of carbonyl (C=O) groups is 3. The third-order valence-corrected chi connectivity index (χ3v) is 2.52. The molecule has 0 fully saturated rings. The highest BCUT2D eigenvalue weighted by Gasteiger charge is 2.22. The van der Waals surface area contributed by atoms with E-state index >= 15 is 0 Å². The van der Waals surface area contributed by atoms with E-state index < -0.39 is 23.9 Å². The standard InChI is InChI=1S/C11H15N3O5/c1-14-6-12-5-8(14)10(16)13-7(11(17)18)3-4-9(15)19-2/h5-7H,3-4H2,1-2H3,(H,13,16)(H,17,18). The molecule has 0 spiro atoms. The number of hydrogen-bond acceptors (Lipinski definition) is 5. The first kappa shape index (κ1) is 14.7. The zero-order chi connectivity index (χ0) is 14.4. The van der Waals surface area contributed by atoms with Gasteiger partial charge in [-0.1, -0.05) is 0 Å². The maximum atomic E-state index is 11.8. The highest BCUT2D eigenvalue weighted by Crippen LogP contribution is 2.03. The number of esters is 1. The van der Waals surface area contributed by atoms with Crippen LogP contribution in [-0.2, 0) is 21.4 Å². The molecular formula is C11H15N3O5. The third kappa shape index (κ3) is 4.09. The van der Waals surface area contributed by atoms with Gasteiger partial charge in [0.25, 0.3) is 5.91 Å². The van der Waals surface area contributed by atoms with Crippen molar-refractivity contribution >= 4 is 17.8 Å². The van der Waals surface area contributed by atoms with Gasteiger partial charge in [-0.15, -0.1) is 0 Å². The number of amides is 1. The van der Waals surface area contributed by atoms with E-state index in [0.29, 0.717) is 0 Å². The molecule has 1 aromatic heterocycles. The molecule has 0 aromatic carbocycles. The molecule has 8 nitrogen and oxygen atoms in total. The molecule has 1 rings (SSSR count). The molecule has 0 aliphatic rings. The lowest BCUT2D eigenvalue weighted by atomic mass is 10.1. The largest absolute Gasteiger partial charge is 0.480 e. The van der Waals surface area contributed by atoms with Gasteiger partial charge >= 0.3 is 11.9 Å². The molecule has 0 bridgehead atoms. The summed E-state index contributed by atoms with van der Waals surface area (Å²) >= 11 is 0. The Morgan fingerprint density at radius 3 is 2.68 bits per heavy atom. The number of hydrogen-bond donors (Lipinski definition) is 2. The number of carboxylic acids is 1. The molecule has 0 saturated heterocycles. The van der Waals surface area contributed by atoms with E-state index in [4.69, 9.17) is 5.11 Å². The quantitative estimate of drug-likeness (QED) is 0.677. The van der Waals surface area contributed by atoms with Gasteiger partial charge in [-0.25, -0.2) is 9.78 Å². The highest BCUT2D eigenvalue weighted by molar-refractivity contribution is 5.95. The maximum absolute atomic E-state index is 11.8. The number of imidazole rings is 1. The van der Waals surface area contributed by atoms with Crippen LogP contribution >= 0.6 is 0 Å². The van der Waals surface area contributed by atoms with Crippen molar-refractivity contribution in [2.24, 2.45) is 7.05 Å². The van der Waals surface area contributed by atoms with Gasteiger partial charge in [0.05, 0.1) is 19.6 Å². The van der Waals surface area contributed by atoms with Gasteiger partial charge in [0.1, 0.15) is 11.7 Å². The van der Waals surface area contributed by atoms with Gasteiger partial charge < -0.3 is 19.7 Å². The minimum atomic E-state index is -1.21. The fourth-order valence-corrected chi connectivity index (χ4v) is 1.43. The van der Waals surface area contributed by atoms with Crippen LogP contribution in [0.3, 0.4) is 0 Å². The van der Waals surface area contributed by atoms with Crippen LogP contribution in [0.1, 0.15) is 23.3 Å². The summed E-state index contributed by atoms with van der Waals surface area (Å²) in [6.07, 6.45) is 2.64. The van der Waals surface area contributed by atoms with Gasteiger partial charge in [0.2, 0.25) is 0 Å². The van der Waals surface area contributed by atoms with Crippen molar-refractivity contribution in [3.8, 4) is 0 Å². The number of nitrogens with one attached hydrogen (secondary N) is 1. The van der Waals surface area contributed by atoms with Crippen molar-refractivity contribution < 1.29 is 24.2 Å². The van der Waals surface area contributed by atoms with Crippen LogP contribution in [0.25, 0.3) is 0 Å². The van der Waals surface area contributed by atoms with Crippen LogP contribution in [0, 0.1) is 0 Å². The van der Waals surface area contributed by atoms with Crippen LogP contribution in [0.5, 0.6) is 0 Å². The summed E-state index contributed by atoms with van der Waals surface area (Å²) in [4.78, 5) is 37.5. The first-order valence-corrected chi connectivity index (χ1v) is 5.52. The predicted molar refractivity (Wildman–Crippen MR) is 63.3 cm³/mol. The molecule has 1 amide bonds. The van der Waals surface area contributed by atoms with Crippen LogP contribution in [0.2, 0.25) is 0 Å². The molecule has 0 aliphatic carbocycles. The van der Waals surface area contributed by atoms with E-state index in [1.54, 1.807) is 7.05 Å². The molecule has 8 heteroatoms. The van der Waals surface area contributed by atoms with Gasteiger partial charge in [0.15, 0.2) is 0 Å². The molecule has 1 unspecified atom stereocenters. The van der Waals surface area contributed by atoms with Crippen LogP contribution in [0.4, 0.5) is 0 Å². The lowest BCUT2D eigenvalue weighted by molar-refractivity contribution is -0.142. The number of aryl methyl sites for hydroxylation is 1.